The average Bonchev–Trinajstić information content (AvgIpc) is 2.54. The molecule has 0 amide bonds. The first-order valence-electron chi connectivity index (χ1n) is 7.26. The van der Waals surface area contributed by atoms with Crippen molar-refractivity contribution in [1.29, 1.82) is 0 Å². The predicted octanol–water partition coefficient (Wildman–Crippen LogP) is 4.00. The fraction of sp³-hybridized carbons (Fsp3) is 0.235. The van der Waals surface area contributed by atoms with E-state index in [1.807, 2.05) is 0 Å². The van der Waals surface area contributed by atoms with Crippen LogP contribution in [0.3, 0.4) is 0 Å². The molecule has 0 aliphatic carbocycles. The van der Waals surface area contributed by atoms with Crippen LogP contribution in [-0.4, -0.2) is 24.7 Å². The standard InChI is InChI=1S/C17H16BrClFNO4/c1-24-15-5-10(7-21-8-16(22)23)4-13(18)17(15)25-9-11-2-3-12(20)6-14(11)19/h2-6,21H,7-9H2,1H3,(H,22,23). The second-order valence-corrected chi connectivity index (χ2v) is 6.39. The monoisotopic (exact) mass is 431 g/mol. The first kappa shape index (κ1) is 19.5. The molecular weight excluding hydrogens is 417 g/mol. The lowest BCUT2D eigenvalue weighted by Crippen LogP contribution is -2.21. The van der Waals surface area contributed by atoms with Crippen LogP contribution < -0.4 is 14.8 Å². The van der Waals surface area contributed by atoms with Crippen LogP contribution >= 0.6 is 27.5 Å². The van der Waals surface area contributed by atoms with Gasteiger partial charge in [0, 0.05) is 12.1 Å². The van der Waals surface area contributed by atoms with Crippen molar-refractivity contribution < 1.29 is 23.8 Å². The molecule has 2 N–H and O–H groups in total. The molecule has 0 aliphatic heterocycles. The Morgan fingerprint density at radius 2 is 2.12 bits per heavy atom. The van der Waals surface area contributed by atoms with Crippen LogP contribution in [0.4, 0.5) is 4.39 Å². The van der Waals surface area contributed by atoms with Gasteiger partial charge in [0.1, 0.15) is 12.4 Å². The molecule has 0 aromatic heterocycles. The zero-order chi connectivity index (χ0) is 18.4. The Bertz CT molecular complexity index is 773. The number of carbonyl (C=O) groups is 1. The molecule has 0 heterocycles. The largest absolute Gasteiger partial charge is 0.493 e. The van der Waals surface area contributed by atoms with Gasteiger partial charge in [0.15, 0.2) is 11.5 Å². The van der Waals surface area contributed by atoms with E-state index in [9.17, 15) is 9.18 Å². The molecule has 0 saturated heterocycles. The summed E-state index contributed by atoms with van der Waals surface area (Å²) >= 11 is 9.42. The highest BCUT2D eigenvalue weighted by atomic mass is 79.9. The van der Waals surface area contributed by atoms with Crippen molar-refractivity contribution in [3.05, 3.63) is 56.8 Å². The molecule has 2 rings (SSSR count). The summed E-state index contributed by atoms with van der Waals surface area (Å²) in [5.74, 6) is -0.377. The third kappa shape index (κ3) is 5.59. The summed E-state index contributed by atoms with van der Waals surface area (Å²) in [7, 11) is 1.51. The molecule has 0 fully saturated rings. The molecule has 8 heteroatoms. The SMILES string of the molecule is COc1cc(CNCC(=O)O)cc(Br)c1OCc1ccc(F)cc1Cl. The van der Waals surface area contributed by atoms with Crippen LogP contribution in [0.15, 0.2) is 34.8 Å². The number of rotatable bonds is 8. The van der Waals surface area contributed by atoms with Crippen molar-refractivity contribution >= 4 is 33.5 Å². The molecule has 134 valence electrons. The number of hydrogen-bond acceptors (Lipinski definition) is 4. The van der Waals surface area contributed by atoms with Crippen molar-refractivity contribution in [2.24, 2.45) is 0 Å². The van der Waals surface area contributed by atoms with E-state index in [4.69, 9.17) is 26.2 Å². The highest BCUT2D eigenvalue weighted by Gasteiger charge is 2.13. The highest BCUT2D eigenvalue weighted by Crippen LogP contribution is 2.37. The molecule has 0 aliphatic rings. The van der Waals surface area contributed by atoms with E-state index in [0.29, 0.717) is 28.1 Å². The van der Waals surface area contributed by atoms with Crippen molar-refractivity contribution in [2.75, 3.05) is 13.7 Å². The molecule has 0 saturated carbocycles. The van der Waals surface area contributed by atoms with Crippen LogP contribution in [0.1, 0.15) is 11.1 Å². The minimum atomic E-state index is -0.929. The zero-order valence-corrected chi connectivity index (χ0v) is 15.7. The van der Waals surface area contributed by atoms with Gasteiger partial charge in [-0.05, 0) is 45.8 Å². The molecule has 0 unspecified atom stereocenters. The van der Waals surface area contributed by atoms with Crippen molar-refractivity contribution in [3.63, 3.8) is 0 Å². The second kappa shape index (κ2) is 9.03. The van der Waals surface area contributed by atoms with Crippen molar-refractivity contribution in [2.45, 2.75) is 13.2 Å². The van der Waals surface area contributed by atoms with E-state index in [-0.39, 0.29) is 18.2 Å². The first-order chi connectivity index (χ1) is 11.9. The Balaban J connectivity index is 2.12. The predicted molar refractivity (Wildman–Crippen MR) is 95.8 cm³/mol. The first-order valence-corrected chi connectivity index (χ1v) is 8.43. The maximum absolute atomic E-state index is 13.1. The number of aliphatic carboxylic acids is 1. The normalized spacial score (nSPS) is 10.6. The maximum atomic E-state index is 13.1. The van der Waals surface area contributed by atoms with Gasteiger partial charge in [-0.15, -0.1) is 0 Å². The molecular formula is C17H16BrClFNO4. The zero-order valence-electron chi connectivity index (χ0n) is 13.3. The van der Waals surface area contributed by atoms with Crippen LogP contribution in [0.25, 0.3) is 0 Å². The van der Waals surface area contributed by atoms with Crippen molar-refractivity contribution in [3.8, 4) is 11.5 Å². The van der Waals surface area contributed by atoms with Gasteiger partial charge >= 0.3 is 5.97 Å². The number of nitrogens with one attached hydrogen (secondary N) is 1. The van der Waals surface area contributed by atoms with E-state index in [2.05, 4.69) is 21.2 Å². The quantitative estimate of drug-likeness (QED) is 0.660. The van der Waals surface area contributed by atoms with E-state index in [0.717, 1.165) is 5.56 Å². The fourth-order valence-corrected chi connectivity index (χ4v) is 2.94. The lowest BCUT2D eigenvalue weighted by atomic mass is 10.2. The summed E-state index contributed by atoms with van der Waals surface area (Å²) in [4.78, 5) is 10.6. The van der Waals surface area contributed by atoms with Crippen LogP contribution in [0, 0.1) is 5.82 Å². The number of methoxy groups -OCH3 is 1. The molecule has 0 bridgehead atoms. The molecule has 25 heavy (non-hydrogen) atoms. The van der Waals surface area contributed by atoms with Crippen LogP contribution in [0.2, 0.25) is 5.02 Å². The van der Waals surface area contributed by atoms with Gasteiger partial charge in [0.25, 0.3) is 0 Å². The van der Waals surface area contributed by atoms with Gasteiger partial charge in [-0.2, -0.15) is 0 Å². The highest BCUT2D eigenvalue weighted by molar-refractivity contribution is 9.10. The van der Waals surface area contributed by atoms with E-state index >= 15 is 0 Å². The Morgan fingerprint density at radius 3 is 2.76 bits per heavy atom. The summed E-state index contributed by atoms with van der Waals surface area (Å²) in [6, 6.07) is 7.65. The summed E-state index contributed by atoms with van der Waals surface area (Å²) in [6.07, 6.45) is 0. The number of halogens is 3. The Morgan fingerprint density at radius 1 is 1.36 bits per heavy atom. The van der Waals surface area contributed by atoms with Gasteiger partial charge < -0.3 is 19.9 Å². The average molecular weight is 433 g/mol. The van der Waals surface area contributed by atoms with Gasteiger partial charge in [-0.1, -0.05) is 17.7 Å². The lowest BCUT2D eigenvalue weighted by Gasteiger charge is -2.15. The Kier molecular flexibility index (Phi) is 7.04. The van der Waals surface area contributed by atoms with Gasteiger partial charge in [0.2, 0.25) is 0 Å². The third-order valence-corrected chi connectivity index (χ3v) is 4.22. The van der Waals surface area contributed by atoms with E-state index < -0.39 is 11.8 Å². The Labute approximate surface area is 157 Å². The van der Waals surface area contributed by atoms with Gasteiger partial charge in [0.05, 0.1) is 23.1 Å². The van der Waals surface area contributed by atoms with Crippen LogP contribution in [-0.2, 0) is 17.9 Å². The van der Waals surface area contributed by atoms with Crippen molar-refractivity contribution in [1.82, 2.24) is 5.32 Å². The summed E-state index contributed by atoms with van der Waals surface area (Å²) in [5, 5.41) is 11.7. The van der Waals surface area contributed by atoms with Gasteiger partial charge in [-0.25, -0.2) is 4.39 Å². The molecule has 5 nitrogen and oxygen atoms in total. The van der Waals surface area contributed by atoms with Gasteiger partial charge in [-0.3, -0.25) is 4.79 Å². The Hall–Kier alpha value is -1.83. The second-order valence-electron chi connectivity index (χ2n) is 5.13. The molecule has 0 atom stereocenters. The molecule has 2 aromatic rings. The summed E-state index contributed by atoms with van der Waals surface area (Å²) in [6.45, 7) is 0.372. The minimum absolute atomic E-state index is 0.138. The third-order valence-electron chi connectivity index (χ3n) is 3.28. The molecule has 2 aromatic carbocycles. The summed E-state index contributed by atoms with van der Waals surface area (Å²) in [5.41, 5.74) is 1.47. The fourth-order valence-electron chi connectivity index (χ4n) is 2.12. The number of benzene rings is 2. The number of ether oxygens (including phenoxy) is 2. The minimum Gasteiger partial charge on any atom is -0.493 e. The number of carboxylic acids is 1. The van der Waals surface area contributed by atoms with E-state index in [1.165, 1.54) is 19.2 Å². The maximum Gasteiger partial charge on any atom is 0.317 e. The molecule has 0 radical (unpaired) electrons. The molecule has 0 spiro atoms. The lowest BCUT2D eigenvalue weighted by molar-refractivity contribution is -0.135. The summed E-state index contributed by atoms with van der Waals surface area (Å²) < 4.78 is 24.9. The number of hydrogen-bond donors (Lipinski definition) is 2. The smallest absolute Gasteiger partial charge is 0.317 e. The number of carboxylic acid groups (broad SMARTS) is 1. The van der Waals surface area contributed by atoms with Crippen LogP contribution in [0.5, 0.6) is 11.5 Å². The van der Waals surface area contributed by atoms with E-state index in [1.54, 1.807) is 18.2 Å². The topological polar surface area (TPSA) is 67.8 Å².